The smallest absolute Gasteiger partial charge is 0.265 e. The summed E-state index contributed by atoms with van der Waals surface area (Å²) >= 11 is 8.11. The van der Waals surface area contributed by atoms with E-state index in [4.69, 9.17) is 22.1 Å². The highest BCUT2D eigenvalue weighted by molar-refractivity contribution is 9.10. The maximum atomic E-state index is 11.3. The molecule has 94 valence electrons. The van der Waals surface area contributed by atoms with Crippen molar-refractivity contribution in [2.24, 2.45) is 0 Å². The van der Waals surface area contributed by atoms with Crippen molar-refractivity contribution in [3.63, 3.8) is 0 Å². The molecule has 6 nitrogen and oxygen atoms in total. The van der Waals surface area contributed by atoms with Crippen LogP contribution in [0.1, 0.15) is 12.6 Å². The average molecular weight is 323 g/mol. The lowest BCUT2D eigenvalue weighted by Crippen LogP contribution is -2.24. The molecule has 1 aromatic rings. The Hall–Kier alpha value is -0.540. The molecule has 1 saturated heterocycles. The van der Waals surface area contributed by atoms with Gasteiger partial charge in [-0.2, -0.15) is 0 Å². The summed E-state index contributed by atoms with van der Waals surface area (Å²) in [5.74, 6) is 0. The molecule has 0 spiro atoms. The van der Waals surface area contributed by atoms with Gasteiger partial charge in [0.25, 0.3) is 5.56 Å². The summed E-state index contributed by atoms with van der Waals surface area (Å²) in [6, 6.07) is 0. The Morgan fingerprint density at radius 3 is 3.00 bits per heavy atom. The van der Waals surface area contributed by atoms with Gasteiger partial charge in [-0.3, -0.25) is 14.3 Å². The van der Waals surface area contributed by atoms with E-state index >= 15 is 0 Å². The van der Waals surface area contributed by atoms with Crippen LogP contribution in [0.25, 0.3) is 0 Å². The van der Waals surface area contributed by atoms with E-state index in [1.807, 2.05) is 0 Å². The van der Waals surface area contributed by atoms with Gasteiger partial charge in [0.15, 0.2) is 4.77 Å². The number of ether oxygens (including phenoxy) is 1. The summed E-state index contributed by atoms with van der Waals surface area (Å²) < 4.78 is 7.53. The Balaban J connectivity index is 2.34. The van der Waals surface area contributed by atoms with Crippen molar-refractivity contribution < 1.29 is 14.9 Å². The van der Waals surface area contributed by atoms with Crippen LogP contribution in [-0.4, -0.2) is 38.6 Å². The zero-order valence-corrected chi connectivity index (χ0v) is 11.1. The molecule has 0 bridgehead atoms. The van der Waals surface area contributed by atoms with E-state index in [9.17, 15) is 9.90 Å². The number of aromatic nitrogens is 2. The fourth-order valence-electron chi connectivity index (χ4n) is 1.72. The van der Waals surface area contributed by atoms with Gasteiger partial charge in [0, 0.05) is 12.6 Å². The first-order valence-corrected chi connectivity index (χ1v) is 6.18. The minimum Gasteiger partial charge on any atom is -0.394 e. The van der Waals surface area contributed by atoms with Gasteiger partial charge in [-0.1, -0.05) is 0 Å². The quantitative estimate of drug-likeness (QED) is 0.682. The van der Waals surface area contributed by atoms with Crippen LogP contribution in [0.2, 0.25) is 0 Å². The van der Waals surface area contributed by atoms with Gasteiger partial charge in [0.1, 0.15) is 12.3 Å². The average Bonchev–Trinajstić information content (AvgIpc) is 2.65. The van der Waals surface area contributed by atoms with Crippen LogP contribution in [0.15, 0.2) is 15.5 Å². The molecule has 0 radical (unpaired) electrons. The van der Waals surface area contributed by atoms with E-state index in [0.29, 0.717) is 10.9 Å². The minimum absolute atomic E-state index is 0.217. The van der Waals surface area contributed by atoms with E-state index in [0.717, 1.165) is 0 Å². The zero-order chi connectivity index (χ0) is 12.6. The van der Waals surface area contributed by atoms with E-state index < -0.39 is 18.4 Å². The number of nitrogens with one attached hydrogen (secondary N) is 1. The fourth-order valence-corrected chi connectivity index (χ4v) is 2.31. The molecule has 1 aliphatic heterocycles. The Labute approximate surface area is 110 Å². The van der Waals surface area contributed by atoms with E-state index in [-0.39, 0.29) is 16.9 Å². The standard InChI is InChI=1S/C9H11BrN2O4S/c10-4-2-12(9(17)11-8(4)15)7-1-5(14)6(3-13)16-7/h2,5-7,13-14H,1,3H2,(H,11,15,17)/t5-,6+,7+/m0/s1. The Morgan fingerprint density at radius 2 is 2.41 bits per heavy atom. The number of hydrogen-bond acceptors (Lipinski definition) is 5. The molecule has 0 amide bonds. The Morgan fingerprint density at radius 1 is 1.71 bits per heavy atom. The van der Waals surface area contributed by atoms with Crippen molar-refractivity contribution in [1.29, 1.82) is 0 Å². The lowest BCUT2D eigenvalue weighted by Gasteiger charge is -2.15. The molecule has 1 aromatic heterocycles. The molecule has 0 saturated carbocycles. The molecule has 0 aliphatic carbocycles. The molecular formula is C9H11BrN2O4S. The maximum absolute atomic E-state index is 11.3. The summed E-state index contributed by atoms with van der Waals surface area (Å²) in [5.41, 5.74) is -0.316. The second kappa shape index (κ2) is 4.99. The molecule has 8 heteroatoms. The Kier molecular flexibility index (Phi) is 3.79. The van der Waals surface area contributed by atoms with Crippen molar-refractivity contribution >= 4 is 28.1 Å². The third-order valence-electron chi connectivity index (χ3n) is 2.62. The van der Waals surface area contributed by atoms with Gasteiger partial charge in [0.2, 0.25) is 0 Å². The lowest BCUT2D eigenvalue weighted by molar-refractivity contribution is -0.0453. The highest BCUT2D eigenvalue weighted by Gasteiger charge is 2.34. The minimum atomic E-state index is -0.738. The third kappa shape index (κ3) is 2.50. The molecule has 3 N–H and O–H groups in total. The number of nitrogens with zero attached hydrogens (tertiary/aromatic N) is 1. The van der Waals surface area contributed by atoms with Crippen LogP contribution in [0.3, 0.4) is 0 Å². The van der Waals surface area contributed by atoms with Crippen LogP contribution in [-0.2, 0) is 4.74 Å². The monoisotopic (exact) mass is 322 g/mol. The number of H-pyrrole nitrogens is 1. The van der Waals surface area contributed by atoms with Gasteiger partial charge in [-0.15, -0.1) is 0 Å². The van der Waals surface area contributed by atoms with Crippen molar-refractivity contribution in [2.45, 2.75) is 24.9 Å². The molecule has 17 heavy (non-hydrogen) atoms. The fraction of sp³-hybridized carbons (Fsp3) is 0.556. The molecule has 1 aliphatic rings. The first-order valence-electron chi connectivity index (χ1n) is 4.98. The number of aliphatic hydroxyl groups is 2. The normalized spacial score (nSPS) is 28.5. The summed E-state index contributed by atoms with van der Waals surface area (Å²) in [5, 5.41) is 18.6. The van der Waals surface area contributed by atoms with Gasteiger partial charge in [-0.05, 0) is 28.1 Å². The number of halogens is 1. The molecule has 2 rings (SSSR count). The lowest BCUT2D eigenvalue weighted by atomic mass is 10.2. The SMILES string of the molecule is O=c1[nH]c(=S)n([C@H]2C[C@H](O)[C@@H](CO)O2)cc1Br. The molecule has 0 unspecified atom stereocenters. The highest BCUT2D eigenvalue weighted by atomic mass is 79.9. The highest BCUT2D eigenvalue weighted by Crippen LogP contribution is 2.28. The number of aliphatic hydroxyl groups excluding tert-OH is 2. The second-order valence-corrected chi connectivity index (χ2v) is 5.00. The van der Waals surface area contributed by atoms with Crippen molar-refractivity contribution in [1.82, 2.24) is 9.55 Å². The van der Waals surface area contributed by atoms with Crippen LogP contribution in [0, 0.1) is 4.77 Å². The van der Waals surface area contributed by atoms with E-state index in [1.54, 1.807) is 4.57 Å². The Bertz CT molecular complexity index is 528. The van der Waals surface area contributed by atoms with Gasteiger partial charge in [-0.25, -0.2) is 0 Å². The predicted octanol–water partition coefficient (Wildman–Crippen LogP) is 0.309. The summed E-state index contributed by atoms with van der Waals surface area (Å²) in [7, 11) is 0. The molecular weight excluding hydrogens is 312 g/mol. The molecule has 2 heterocycles. The van der Waals surface area contributed by atoms with Crippen LogP contribution in [0.5, 0.6) is 0 Å². The predicted molar refractivity (Wildman–Crippen MR) is 65.2 cm³/mol. The third-order valence-corrected chi connectivity index (χ3v) is 3.50. The first kappa shape index (κ1) is 12.9. The van der Waals surface area contributed by atoms with Crippen LogP contribution < -0.4 is 5.56 Å². The second-order valence-electron chi connectivity index (χ2n) is 3.76. The summed E-state index contributed by atoms with van der Waals surface area (Å²) in [6.45, 7) is -0.254. The largest absolute Gasteiger partial charge is 0.394 e. The number of hydrogen-bond donors (Lipinski definition) is 3. The topological polar surface area (TPSA) is 87.5 Å². The zero-order valence-electron chi connectivity index (χ0n) is 8.67. The summed E-state index contributed by atoms with van der Waals surface area (Å²) in [6.07, 6.45) is -0.0101. The molecule has 0 aromatic carbocycles. The maximum Gasteiger partial charge on any atom is 0.265 e. The number of aromatic amines is 1. The molecule has 3 atom stereocenters. The van der Waals surface area contributed by atoms with Crippen LogP contribution >= 0.6 is 28.1 Å². The van der Waals surface area contributed by atoms with Crippen molar-refractivity contribution in [2.75, 3.05) is 6.61 Å². The van der Waals surface area contributed by atoms with Crippen molar-refractivity contribution in [3.8, 4) is 0 Å². The van der Waals surface area contributed by atoms with Crippen molar-refractivity contribution in [3.05, 3.63) is 25.8 Å². The van der Waals surface area contributed by atoms with Gasteiger partial charge in [0.05, 0.1) is 17.2 Å². The first-order chi connectivity index (χ1) is 8.02. The van der Waals surface area contributed by atoms with Gasteiger partial charge >= 0.3 is 0 Å². The summed E-state index contributed by atoms with van der Waals surface area (Å²) in [4.78, 5) is 13.8. The van der Waals surface area contributed by atoms with E-state index in [1.165, 1.54) is 6.20 Å². The van der Waals surface area contributed by atoms with Gasteiger partial charge < -0.3 is 14.9 Å². The van der Waals surface area contributed by atoms with Crippen LogP contribution in [0.4, 0.5) is 0 Å². The van der Waals surface area contributed by atoms with E-state index in [2.05, 4.69) is 20.9 Å². The molecule has 1 fully saturated rings. The number of rotatable bonds is 2.